The van der Waals surface area contributed by atoms with Crippen LogP contribution in [0.15, 0.2) is 48.5 Å². The zero-order valence-corrected chi connectivity index (χ0v) is 19.8. The second kappa shape index (κ2) is 15.7. The minimum atomic E-state index is -0.199. The van der Waals surface area contributed by atoms with Gasteiger partial charge in [0.15, 0.2) is 0 Å². The quantitative estimate of drug-likeness (QED) is 0.315. The van der Waals surface area contributed by atoms with E-state index in [4.69, 9.17) is 9.47 Å². The number of amides is 2. The van der Waals surface area contributed by atoms with Crippen molar-refractivity contribution >= 4 is 23.2 Å². The van der Waals surface area contributed by atoms with Gasteiger partial charge in [0, 0.05) is 43.3 Å². The maximum absolute atomic E-state index is 12.4. The van der Waals surface area contributed by atoms with Gasteiger partial charge >= 0.3 is 0 Å². The van der Waals surface area contributed by atoms with Gasteiger partial charge in [-0.3, -0.25) is 9.59 Å². The van der Waals surface area contributed by atoms with Crippen LogP contribution in [0.1, 0.15) is 55.8 Å². The number of carbonyl (C=O) groups excluding carboxylic acids is 2. The Bertz CT molecular complexity index is 857. The highest BCUT2D eigenvalue weighted by molar-refractivity contribution is 5.98. The van der Waals surface area contributed by atoms with Crippen molar-refractivity contribution in [3.8, 4) is 5.75 Å². The molecule has 2 aromatic carbocycles. The van der Waals surface area contributed by atoms with Crippen LogP contribution in [-0.4, -0.2) is 45.2 Å². The molecule has 0 saturated carbocycles. The van der Waals surface area contributed by atoms with Crippen LogP contribution in [0.4, 0.5) is 11.4 Å². The van der Waals surface area contributed by atoms with Crippen LogP contribution in [0.25, 0.3) is 0 Å². The number of ether oxygens (including phenoxy) is 2. The van der Waals surface area contributed by atoms with Crippen LogP contribution >= 0.6 is 0 Å². The van der Waals surface area contributed by atoms with Gasteiger partial charge in [0.05, 0.1) is 13.2 Å². The first-order chi connectivity index (χ1) is 16.1. The first kappa shape index (κ1) is 26.2. The molecule has 0 heterocycles. The molecule has 0 aromatic heterocycles. The van der Waals surface area contributed by atoms with Gasteiger partial charge in [-0.05, 0) is 43.2 Å². The van der Waals surface area contributed by atoms with E-state index in [2.05, 4.69) is 22.9 Å². The van der Waals surface area contributed by atoms with E-state index in [0.717, 1.165) is 24.3 Å². The number of rotatable bonds is 16. The van der Waals surface area contributed by atoms with Crippen molar-refractivity contribution in [1.29, 1.82) is 0 Å². The monoisotopic (exact) mass is 455 g/mol. The molecule has 33 heavy (non-hydrogen) atoms. The molecule has 0 radical (unpaired) electrons. The lowest BCUT2D eigenvalue weighted by Crippen LogP contribution is -2.25. The number of nitrogens with one attached hydrogen (secondary N) is 3. The van der Waals surface area contributed by atoms with Crippen molar-refractivity contribution in [2.45, 2.75) is 45.4 Å². The Hall–Kier alpha value is -3.06. The van der Waals surface area contributed by atoms with Crippen molar-refractivity contribution in [2.75, 3.05) is 44.0 Å². The number of unbranched alkanes of at least 4 members (excludes halogenated alkanes) is 4. The Morgan fingerprint density at radius 3 is 2.48 bits per heavy atom. The van der Waals surface area contributed by atoms with Gasteiger partial charge < -0.3 is 25.4 Å². The first-order valence-electron chi connectivity index (χ1n) is 11.8. The minimum Gasteiger partial charge on any atom is -0.494 e. The molecule has 0 unspecified atom stereocenters. The minimum absolute atomic E-state index is 0.105. The van der Waals surface area contributed by atoms with E-state index in [1.165, 1.54) is 25.7 Å². The van der Waals surface area contributed by atoms with Crippen molar-refractivity contribution in [2.24, 2.45) is 0 Å². The second-order valence-electron chi connectivity index (χ2n) is 7.88. The third-order valence-corrected chi connectivity index (χ3v) is 5.02. The third kappa shape index (κ3) is 10.9. The van der Waals surface area contributed by atoms with Gasteiger partial charge in [0.2, 0.25) is 5.91 Å². The molecule has 0 aliphatic carbocycles. The highest BCUT2D eigenvalue weighted by Crippen LogP contribution is 2.18. The SMILES string of the molecule is CCCCCCCOc1cccc(NCC(=O)Nc2cccc(C(=O)NCCCOC)c2)c1. The summed E-state index contributed by atoms with van der Waals surface area (Å²) in [6.07, 6.45) is 6.73. The fourth-order valence-electron chi connectivity index (χ4n) is 3.24. The molecule has 0 spiro atoms. The Balaban J connectivity index is 1.76. The molecule has 2 amide bonds. The molecule has 7 heteroatoms. The molecule has 0 aliphatic heterocycles. The number of anilines is 2. The van der Waals surface area contributed by atoms with Crippen molar-refractivity contribution in [3.63, 3.8) is 0 Å². The van der Waals surface area contributed by atoms with Crippen LogP contribution < -0.4 is 20.7 Å². The largest absolute Gasteiger partial charge is 0.494 e. The van der Waals surface area contributed by atoms with Gasteiger partial charge in [0.1, 0.15) is 5.75 Å². The lowest BCUT2D eigenvalue weighted by molar-refractivity contribution is -0.114. The van der Waals surface area contributed by atoms with Crippen molar-refractivity contribution in [3.05, 3.63) is 54.1 Å². The molecule has 2 aromatic rings. The van der Waals surface area contributed by atoms with Gasteiger partial charge in [-0.25, -0.2) is 0 Å². The maximum atomic E-state index is 12.4. The van der Waals surface area contributed by atoms with E-state index in [9.17, 15) is 9.59 Å². The van der Waals surface area contributed by atoms with Crippen LogP contribution in [0.2, 0.25) is 0 Å². The third-order valence-electron chi connectivity index (χ3n) is 5.02. The number of hydrogen-bond donors (Lipinski definition) is 3. The number of methoxy groups -OCH3 is 1. The Kier molecular flexibility index (Phi) is 12.5. The average molecular weight is 456 g/mol. The van der Waals surface area contributed by atoms with Crippen molar-refractivity contribution in [1.82, 2.24) is 5.32 Å². The fourth-order valence-corrected chi connectivity index (χ4v) is 3.24. The smallest absolute Gasteiger partial charge is 0.251 e. The Morgan fingerprint density at radius 2 is 1.67 bits per heavy atom. The van der Waals surface area contributed by atoms with Crippen LogP contribution in [0.5, 0.6) is 5.75 Å². The predicted octanol–water partition coefficient (Wildman–Crippen LogP) is 4.85. The number of benzene rings is 2. The van der Waals surface area contributed by atoms with Gasteiger partial charge in [-0.2, -0.15) is 0 Å². The molecule has 0 aliphatic rings. The zero-order valence-electron chi connectivity index (χ0n) is 19.8. The van der Waals surface area contributed by atoms with Gasteiger partial charge in [-0.1, -0.05) is 44.7 Å². The lowest BCUT2D eigenvalue weighted by atomic mass is 10.2. The number of hydrogen-bond acceptors (Lipinski definition) is 5. The summed E-state index contributed by atoms with van der Waals surface area (Å²) in [6, 6.07) is 14.5. The fraction of sp³-hybridized carbons (Fsp3) is 0.462. The van der Waals surface area contributed by atoms with Crippen LogP contribution in [0.3, 0.4) is 0 Å². The van der Waals surface area contributed by atoms with Crippen LogP contribution in [-0.2, 0) is 9.53 Å². The summed E-state index contributed by atoms with van der Waals surface area (Å²) in [6.45, 7) is 4.14. The zero-order chi connectivity index (χ0) is 23.7. The van der Waals surface area contributed by atoms with E-state index in [0.29, 0.717) is 31.0 Å². The van der Waals surface area contributed by atoms with E-state index in [-0.39, 0.29) is 18.4 Å². The summed E-state index contributed by atoms with van der Waals surface area (Å²) in [5, 5.41) is 8.78. The Morgan fingerprint density at radius 1 is 0.879 bits per heavy atom. The standard InChI is InChI=1S/C26H37N3O4/c1-3-4-5-6-7-17-33-24-14-9-12-22(19-24)28-20-25(30)29-23-13-8-11-21(18-23)26(31)27-15-10-16-32-2/h8-9,11-14,18-19,28H,3-7,10,15-17,20H2,1-2H3,(H,27,31)(H,29,30). The molecule has 0 bridgehead atoms. The van der Waals surface area contributed by atoms with E-state index in [1.54, 1.807) is 31.4 Å². The molecule has 0 atom stereocenters. The molecule has 0 saturated heterocycles. The summed E-state index contributed by atoms with van der Waals surface area (Å²) in [5.41, 5.74) is 1.89. The van der Waals surface area contributed by atoms with Gasteiger partial charge in [0.25, 0.3) is 5.91 Å². The molecule has 0 fully saturated rings. The molecular weight excluding hydrogens is 418 g/mol. The van der Waals surface area contributed by atoms with Crippen LogP contribution in [0, 0.1) is 0 Å². The van der Waals surface area contributed by atoms with E-state index < -0.39 is 0 Å². The maximum Gasteiger partial charge on any atom is 0.251 e. The second-order valence-corrected chi connectivity index (χ2v) is 7.88. The molecule has 3 N–H and O–H groups in total. The number of carbonyl (C=O) groups is 2. The molecule has 7 nitrogen and oxygen atoms in total. The summed E-state index contributed by atoms with van der Waals surface area (Å²) in [7, 11) is 1.63. The van der Waals surface area contributed by atoms with E-state index >= 15 is 0 Å². The highest BCUT2D eigenvalue weighted by Gasteiger charge is 2.08. The predicted molar refractivity (Wildman–Crippen MR) is 133 cm³/mol. The summed E-state index contributed by atoms with van der Waals surface area (Å²) in [5.74, 6) is 0.414. The highest BCUT2D eigenvalue weighted by atomic mass is 16.5. The summed E-state index contributed by atoms with van der Waals surface area (Å²) < 4.78 is 10.8. The van der Waals surface area contributed by atoms with Crippen molar-refractivity contribution < 1.29 is 19.1 Å². The van der Waals surface area contributed by atoms with Gasteiger partial charge in [-0.15, -0.1) is 0 Å². The lowest BCUT2D eigenvalue weighted by Gasteiger charge is -2.11. The summed E-state index contributed by atoms with van der Waals surface area (Å²) in [4.78, 5) is 24.6. The normalized spacial score (nSPS) is 10.5. The molecule has 2 rings (SSSR count). The molecule has 180 valence electrons. The first-order valence-corrected chi connectivity index (χ1v) is 11.8. The van der Waals surface area contributed by atoms with E-state index in [1.807, 2.05) is 24.3 Å². The topological polar surface area (TPSA) is 88.7 Å². The average Bonchev–Trinajstić information content (AvgIpc) is 2.83. The Labute approximate surface area is 197 Å². The molecular formula is C26H37N3O4. The summed E-state index contributed by atoms with van der Waals surface area (Å²) >= 11 is 0.